The van der Waals surface area contributed by atoms with E-state index in [1.54, 1.807) is 13.8 Å². The van der Waals surface area contributed by atoms with Crippen LogP contribution in [0.25, 0.3) is 0 Å². The molecule has 35 heavy (non-hydrogen) atoms. The molecule has 4 rings (SSSR count). The molecule has 0 saturated heterocycles. The second-order valence-electron chi connectivity index (χ2n) is 7.50. The van der Waals surface area contributed by atoms with Crippen molar-refractivity contribution in [3.05, 3.63) is 71.7 Å². The molecule has 0 aliphatic carbocycles. The number of nitrogens with one attached hydrogen (secondary N) is 2. The molecular formula is C22H21F2N5O5S. The minimum Gasteiger partial charge on any atom is -0.435 e. The van der Waals surface area contributed by atoms with Crippen LogP contribution >= 0.6 is 0 Å². The van der Waals surface area contributed by atoms with Gasteiger partial charge in [0.25, 0.3) is 16.1 Å². The highest BCUT2D eigenvalue weighted by Gasteiger charge is 2.34. The van der Waals surface area contributed by atoms with Gasteiger partial charge in [-0.2, -0.15) is 13.1 Å². The van der Waals surface area contributed by atoms with Crippen LogP contribution in [0, 0.1) is 11.6 Å². The van der Waals surface area contributed by atoms with Gasteiger partial charge in [0.1, 0.15) is 5.69 Å². The van der Waals surface area contributed by atoms with E-state index in [9.17, 15) is 17.6 Å². The van der Waals surface area contributed by atoms with Gasteiger partial charge in [-0.25, -0.2) is 18.6 Å². The number of rotatable bonds is 8. The van der Waals surface area contributed by atoms with E-state index in [2.05, 4.69) is 19.4 Å². The van der Waals surface area contributed by atoms with Crippen molar-refractivity contribution in [2.45, 2.75) is 26.4 Å². The second-order valence-corrected chi connectivity index (χ2v) is 9.00. The molecule has 2 N–H and O–H groups in total. The third-order valence-corrected chi connectivity index (χ3v) is 6.25. The SMILES string of the molecule is CCNS(=O)(=O)Nc1cccc(CN2C(=O)Oc3cc(Oc4ncccc4F)cnc3[C@H]2C)c1F. The molecule has 0 fully saturated rings. The summed E-state index contributed by atoms with van der Waals surface area (Å²) in [5, 5.41) is 0. The van der Waals surface area contributed by atoms with Crippen molar-refractivity contribution in [1.82, 2.24) is 19.6 Å². The highest BCUT2D eigenvalue weighted by molar-refractivity contribution is 7.90. The smallest absolute Gasteiger partial charge is 0.416 e. The van der Waals surface area contributed by atoms with Gasteiger partial charge in [0.2, 0.25) is 0 Å². The average Bonchev–Trinajstić information content (AvgIpc) is 2.80. The van der Waals surface area contributed by atoms with Gasteiger partial charge in [0.15, 0.2) is 23.1 Å². The zero-order chi connectivity index (χ0) is 25.2. The quantitative estimate of drug-likeness (QED) is 0.476. The van der Waals surface area contributed by atoms with Crippen LogP contribution in [-0.4, -0.2) is 35.9 Å². The Morgan fingerprint density at radius 3 is 2.74 bits per heavy atom. The molecule has 0 saturated carbocycles. The Bertz CT molecular complexity index is 1370. The number of pyridine rings is 2. The first-order valence-electron chi connectivity index (χ1n) is 10.5. The number of benzene rings is 1. The number of hydrogen-bond acceptors (Lipinski definition) is 7. The number of fused-ring (bicyclic) bond motifs is 1. The van der Waals surface area contributed by atoms with Crippen molar-refractivity contribution in [3.63, 3.8) is 0 Å². The van der Waals surface area contributed by atoms with Crippen LogP contribution in [-0.2, 0) is 16.8 Å². The van der Waals surface area contributed by atoms with Crippen molar-refractivity contribution in [1.29, 1.82) is 0 Å². The molecule has 13 heteroatoms. The zero-order valence-corrected chi connectivity index (χ0v) is 19.5. The van der Waals surface area contributed by atoms with Crippen LogP contribution in [0.15, 0.2) is 48.8 Å². The Morgan fingerprint density at radius 2 is 2.00 bits per heavy atom. The van der Waals surface area contributed by atoms with E-state index in [-0.39, 0.29) is 41.7 Å². The summed E-state index contributed by atoms with van der Waals surface area (Å²) in [7, 11) is -3.94. The number of hydrogen-bond donors (Lipinski definition) is 2. The number of halogens is 2. The van der Waals surface area contributed by atoms with Crippen molar-refractivity contribution in [2.24, 2.45) is 0 Å². The van der Waals surface area contributed by atoms with Gasteiger partial charge in [-0.1, -0.05) is 19.1 Å². The predicted octanol–water partition coefficient (Wildman–Crippen LogP) is 3.89. The Kier molecular flexibility index (Phi) is 6.80. The molecule has 184 valence electrons. The van der Waals surface area contributed by atoms with Gasteiger partial charge < -0.3 is 9.47 Å². The highest BCUT2D eigenvalue weighted by Crippen LogP contribution is 2.37. The van der Waals surface area contributed by atoms with Gasteiger partial charge in [0, 0.05) is 24.4 Å². The lowest BCUT2D eigenvalue weighted by Crippen LogP contribution is -2.40. The van der Waals surface area contributed by atoms with Gasteiger partial charge in [0.05, 0.1) is 24.5 Å². The van der Waals surface area contributed by atoms with E-state index >= 15 is 4.39 Å². The summed E-state index contributed by atoms with van der Waals surface area (Å²) in [5.74, 6) is -1.53. The lowest BCUT2D eigenvalue weighted by atomic mass is 10.1. The number of aromatic nitrogens is 2. The first kappa shape index (κ1) is 24.3. The van der Waals surface area contributed by atoms with Crippen LogP contribution in [0.4, 0.5) is 19.3 Å². The van der Waals surface area contributed by atoms with Crippen molar-refractivity contribution < 1.29 is 31.5 Å². The topological polar surface area (TPSA) is 123 Å². The molecule has 1 atom stereocenters. The average molecular weight is 506 g/mol. The predicted molar refractivity (Wildman–Crippen MR) is 121 cm³/mol. The molecule has 3 heterocycles. The molecule has 0 spiro atoms. The fourth-order valence-corrected chi connectivity index (χ4v) is 4.34. The second kappa shape index (κ2) is 9.80. The molecule has 0 radical (unpaired) electrons. The van der Waals surface area contributed by atoms with Crippen molar-refractivity contribution in [3.8, 4) is 17.4 Å². The summed E-state index contributed by atoms with van der Waals surface area (Å²) in [5.41, 5.74) is 0.186. The van der Waals surface area contributed by atoms with E-state index in [1.807, 2.05) is 0 Å². The lowest BCUT2D eigenvalue weighted by molar-refractivity contribution is 0.114. The number of ether oxygens (including phenoxy) is 2. The number of anilines is 1. The molecule has 0 unspecified atom stereocenters. The van der Waals surface area contributed by atoms with E-state index in [4.69, 9.17) is 9.47 Å². The maximum Gasteiger partial charge on any atom is 0.416 e. The first-order valence-corrected chi connectivity index (χ1v) is 12.0. The Balaban J connectivity index is 1.55. The van der Waals surface area contributed by atoms with E-state index in [1.165, 1.54) is 53.7 Å². The number of nitrogens with zero attached hydrogens (tertiary/aromatic N) is 3. The minimum atomic E-state index is -3.94. The summed E-state index contributed by atoms with van der Waals surface area (Å²) < 4.78 is 67.8. The van der Waals surface area contributed by atoms with Crippen LogP contribution in [0.5, 0.6) is 17.4 Å². The van der Waals surface area contributed by atoms with Crippen molar-refractivity contribution in [2.75, 3.05) is 11.3 Å². The molecule has 3 aromatic rings. The first-order chi connectivity index (χ1) is 16.7. The minimum absolute atomic E-state index is 0.0690. The zero-order valence-electron chi connectivity index (χ0n) is 18.7. The monoisotopic (exact) mass is 505 g/mol. The number of carbonyl (C=O) groups excluding carboxylic acids is 1. The Hall–Kier alpha value is -3.84. The molecule has 1 aliphatic heterocycles. The van der Waals surface area contributed by atoms with Gasteiger partial charge in [-0.3, -0.25) is 14.6 Å². The molecule has 2 aromatic heterocycles. The van der Waals surface area contributed by atoms with E-state index < -0.39 is 34.0 Å². The lowest BCUT2D eigenvalue weighted by Gasteiger charge is -2.33. The molecule has 10 nitrogen and oxygen atoms in total. The molecular weight excluding hydrogens is 484 g/mol. The Labute approximate surface area is 200 Å². The van der Waals surface area contributed by atoms with Gasteiger partial charge in [-0.05, 0) is 25.1 Å². The van der Waals surface area contributed by atoms with Crippen LogP contribution in [0.1, 0.15) is 31.1 Å². The molecule has 1 aliphatic rings. The summed E-state index contributed by atoms with van der Waals surface area (Å²) in [6, 6.07) is 7.55. The molecule has 1 aromatic carbocycles. The van der Waals surface area contributed by atoms with E-state index in [0.29, 0.717) is 5.69 Å². The largest absolute Gasteiger partial charge is 0.435 e. The molecule has 1 amide bonds. The fourth-order valence-electron chi connectivity index (χ4n) is 3.44. The summed E-state index contributed by atoms with van der Waals surface area (Å²) in [6.07, 6.45) is 1.92. The summed E-state index contributed by atoms with van der Waals surface area (Å²) in [4.78, 5) is 22.0. The number of carbonyl (C=O) groups is 1. The molecule has 0 bridgehead atoms. The third kappa shape index (κ3) is 5.30. The normalized spacial score (nSPS) is 15.4. The maximum atomic E-state index is 15.0. The number of amides is 1. The van der Waals surface area contributed by atoms with Crippen molar-refractivity contribution >= 4 is 22.0 Å². The van der Waals surface area contributed by atoms with Crippen LogP contribution in [0.3, 0.4) is 0 Å². The Morgan fingerprint density at radius 1 is 1.20 bits per heavy atom. The van der Waals surface area contributed by atoms with Crippen LogP contribution in [0.2, 0.25) is 0 Å². The van der Waals surface area contributed by atoms with Gasteiger partial charge >= 0.3 is 6.09 Å². The fraction of sp³-hybridized carbons (Fsp3) is 0.227. The van der Waals surface area contributed by atoms with Gasteiger partial charge in [-0.15, -0.1) is 0 Å². The summed E-state index contributed by atoms with van der Waals surface area (Å²) in [6.45, 7) is 3.19. The summed E-state index contributed by atoms with van der Waals surface area (Å²) >= 11 is 0. The standard InChI is InChI=1S/C22H21F2N5O5S/c1-3-27-35(31,32)28-17-8-4-6-14(19(17)24)12-29-13(2)20-18(34-22(29)30)10-15(11-26-20)33-21-16(23)7-5-9-25-21/h4-11,13,27-28H,3,12H2,1-2H3/t13-/m1/s1. The van der Waals surface area contributed by atoms with Crippen LogP contribution < -0.4 is 18.9 Å². The third-order valence-electron chi connectivity index (χ3n) is 5.09. The highest BCUT2D eigenvalue weighted by atomic mass is 32.2. The maximum absolute atomic E-state index is 15.0. The van der Waals surface area contributed by atoms with E-state index in [0.717, 1.165) is 0 Å².